The minimum atomic E-state index is 0.178. The quantitative estimate of drug-likeness (QED) is 0.478. The van der Waals surface area contributed by atoms with E-state index in [1.165, 1.54) is 0 Å². The second-order valence-corrected chi connectivity index (χ2v) is 4.54. The predicted octanol–water partition coefficient (Wildman–Crippen LogP) is 3.99. The summed E-state index contributed by atoms with van der Waals surface area (Å²) >= 11 is 0. The lowest BCUT2D eigenvalue weighted by Crippen LogP contribution is -2.06. The second kappa shape index (κ2) is 5.64. The SMILES string of the molecule is C=C1C=CC(C(=C)C)CCC(=C)C(=O)CC1. The monoisotopic (exact) mass is 216 g/mol. The third kappa shape index (κ3) is 3.65. The van der Waals surface area contributed by atoms with Crippen molar-refractivity contribution in [1.82, 2.24) is 0 Å². The molecule has 0 aromatic heterocycles. The van der Waals surface area contributed by atoms with Crippen molar-refractivity contribution in [2.75, 3.05) is 0 Å². The van der Waals surface area contributed by atoms with Crippen LogP contribution in [0.3, 0.4) is 0 Å². The van der Waals surface area contributed by atoms with E-state index >= 15 is 0 Å². The van der Waals surface area contributed by atoms with Gasteiger partial charge in [-0.05, 0) is 37.7 Å². The molecule has 0 fully saturated rings. The Morgan fingerprint density at radius 3 is 2.62 bits per heavy atom. The number of carbonyl (C=O) groups is 1. The Bertz CT molecular complexity index is 358. The van der Waals surface area contributed by atoms with Gasteiger partial charge in [-0.1, -0.05) is 43.0 Å². The average molecular weight is 216 g/mol. The lowest BCUT2D eigenvalue weighted by Gasteiger charge is -2.15. The largest absolute Gasteiger partial charge is 0.295 e. The lowest BCUT2D eigenvalue weighted by molar-refractivity contribution is -0.115. The van der Waals surface area contributed by atoms with Crippen LogP contribution in [0.4, 0.5) is 0 Å². The molecule has 1 aliphatic rings. The van der Waals surface area contributed by atoms with Crippen LogP contribution in [0.2, 0.25) is 0 Å². The van der Waals surface area contributed by atoms with Crippen molar-refractivity contribution in [2.45, 2.75) is 32.6 Å². The third-order valence-corrected chi connectivity index (χ3v) is 3.02. The summed E-state index contributed by atoms with van der Waals surface area (Å²) in [5.41, 5.74) is 2.88. The maximum absolute atomic E-state index is 11.7. The van der Waals surface area contributed by atoms with E-state index in [0.29, 0.717) is 12.3 Å². The molecule has 16 heavy (non-hydrogen) atoms. The molecular formula is C15H20O. The number of hydrogen-bond acceptors (Lipinski definition) is 1. The number of rotatable bonds is 1. The summed E-state index contributed by atoms with van der Waals surface area (Å²) in [4.78, 5) is 11.7. The molecule has 1 heteroatoms. The first-order chi connectivity index (χ1) is 7.50. The van der Waals surface area contributed by atoms with Crippen molar-refractivity contribution < 1.29 is 4.79 Å². The van der Waals surface area contributed by atoms with Crippen LogP contribution >= 0.6 is 0 Å². The molecule has 0 saturated carbocycles. The summed E-state index contributed by atoms with van der Waals surface area (Å²) < 4.78 is 0. The van der Waals surface area contributed by atoms with E-state index in [9.17, 15) is 4.79 Å². The summed E-state index contributed by atoms with van der Waals surface area (Å²) in [6, 6.07) is 0. The van der Waals surface area contributed by atoms with Gasteiger partial charge in [0.2, 0.25) is 0 Å². The molecule has 0 heterocycles. The Morgan fingerprint density at radius 1 is 1.31 bits per heavy atom. The maximum atomic E-state index is 11.7. The van der Waals surface area contributed by atoms with Crippen molar-refractivity contribution in [1.29, 1.82) is 0 Å². The van der Waals surface area contributed by atoms with E-state index in [0.717, 1.165) is 36.0 Å². The summed E-state index contributed by atoms with van der Waals surface area (Å²) in [7, 11) is 0. The van der Waals surface area contributed by atoms with Gasteiger partial charge in [0, 0.05) is 6.42 Å². The molecular weight excluding hydrogens is 196 g/mol. The molecule has 86 valence electrons. The number of allylic oxidation sites excluding steroid dienone is 5. The van der Waals surface area contributed by atoms with Crippen LogP contribution in [0.1, 0.15) is 32.6 Å². The van der Waals surface area contributed by atoms with E-state index in [-0.39, 0.29) is 5.78 Å². The Kier molecular flexibility index (Phi) is 4.48. The van der Waals surface area contributed by atoms with Crippen molar-refractivity contribution in [3.63, 3.8) is 0 Å². The lowest BCUT2D eigenvalue weighted by atomic mass is 9.89. The normalized spacial score (nSPS) is 23.3. The van der Waals surface area contributed by atoms with Crippen LogP contribution in [0, 0.1) is 5.92 Å². The van der Waals surface area contributed by atoms with Gasteiger partial charge in [-0.2, -0.15) is 0 Å². The van der Waals surface area contributed by atoms with Crippen molar-refractivity contribution in [2.24, 2.45) is 5.92 Å². The van der Waals surface area contributed by atoms with Crippen LogP contribution in [0.5, 0.6) is 0 Å². The highest BCUT2D eigenvalue weighted by molar-refractivity contribution is 5.94. The molecule has 1 nitrogen and oxygen atoms in total. The molecule has 0 amide bonds. The summed E-state index contributed by atoms with van der Waals surface area (Å²) in [6.45, 7) is 13.8. The highest BCUT2D eigenvalue weighted by Gasteiger charge is 2.13. The zero-order valence-corrected chi connectivity index (χ0v) is 10.1. The Hall–Kier alpha value is -1.37. The molecule has 0 aromatic rings. The van der Waals surface area contributed by atoms with Crippen molar-refractivity contribution >= 4 is 5.78 Å². The van der Waals surface area contributed by atoms with Crippen LogP contribution in [-0.4, -0.2) is 5.78 Å². The zero-order chi connectivity index (χ0) is 12.1. The van der Waals surface area contributed by atoms with Gasteiger partial charge in [0.15, 0.2) is 5.78 Å². The first-order valence-electron chi connectivity index (χ1n) is 5.73. The van der Waals surface area contributed by atoms with Crippen LogP contribution in [0.15, 0.2) is 48.6 Å². The highest BCUT2D eigenvalue weighted by atomic mass is 16.1. The fourth-order valence-electron chi connectivity index (χ4n) is 1.76. The molecule has 0 saturated heterocycles. The molecule has 1 atom stereocenters. The number of Topliss-reactive ketones (excluding diaryl/α,β-unsaturated/α-hetero) is 1. The first-order valence-corrected chi connectivity index (χ1v) is 5.73. The summed E-state index contributed by atoms with van der Waals surface area (Å²) in [5.74, 6) is 0.510. The maximum Gasteiger partial charge on any atom is 0.158 e. The van der Waals surface area contributed by atoms with Crippen LogP contribution in [0.25, 0.3) is 0 Å². The Labute approximate surface area is 98.2 Å². The third-order valence-electron chi connectivity index (χ3n) is 3.02. The fourth-order valence-corrected chi connectivity index (χ4v) is 1.76. The molecule has 1 rings (SSSR count). The Morgan fingerprint density at radius 2 is 2.00 bits per heavy atom. The topological polar surface area (TPSA) is 17.1 Å². The minimum Gasteiger partial charge on any atom is -0.295 e. The molecule has 1 aliphatic carbocycles. The number of carbonyl (C=O) groups excluding carboxylic acids is 1. The highest BCUT2D eigenvalue weighted by Crippen LogP contribution is 2.23. The van der Waals surface area contributed by atoms with E-state index in [1.807, 2.05) is 13.0 Å². The van der Waals surface area contributed by atoms with Gasteiger partial charge in [-0.25, -0.2) is 0 Å². The second-order valence-electron chi connectivity index (χ2n) is 4.54. The van der Waals surface area contributed by atoms with Gasteiger partial charge >= 0.3 is 0 Å². The molecule has 0 aliphatic heterocycles. The standard InChI is InChI=1S/C15H20O/c1-11(2)14-8-5-12(3)6-10-15(16)13(4)7-9-14/h5,8,14H,1,3-4,6-7,9-10H2,2H3. The van der Waals surface area contributed by atoms with Gasteiger partial charge in [-0.15, -0.1) is 0 Å². The van der Waals surface area contributed by atoms with Gasteiger partial charge in [0.25, 0.3) is 0 Å². The zero-order valence-electron chi connectivity index (χ0n) is 10.1. The molecule has 0 radical (unpaired) electrons. The fraction of sp³-hybridized carbons (Fsp3) is 0.400. The van der Waals surface area contributed by atoms with Crippen LogP contribution < -0.4 is 0 Å². The predicted molar refractivity (Wildman–Crippen MR) is 69.2 cm³/mol. The molecule has 0 spiro atoms. The molecule has 1 unspecified atom stereocenters. The van der Waals surface area contributed by atoms with E-state index < -0.39 is 0 Å². The van der Waals surface area contributed by atoms with E-state index in [1.54, 1.807) is 0 Å². The molecule has 0 aromatic carbocycles. The molecule has 0 bridgehead atoms. The summed E-state index contributed by atoms with van der Waals surface area (Å²) in [5, 5.41) is 0. The summed E-state index contributed by atoms with van der Waals surface area (Å²) in [6.07, 6.45) is 7.14. The van der Waals surface area contributed by atoms with Gasteiger partial charge in [-0.3, -0.25) is 4.79 Å². The smallest absolute Gasteiger partial charge is 0.158 e. The van der Waals surface area contributed by atoms with Gasteiger partial charge in [0.05, 0.1) is 0 Å². The van der Waals surface area contributed by atoms with Gasteiger partial charge in [0.1, 0.15) is 0 Å². The number of ketones is 1. The van der Waals surface area contributed by atoms with Crippen molar-refractivity contribution in [3.8, 4) is 0 Å². The van der Waals surface area contributed by atoms with Crippen molar-refractivity contribution in [3.05, 3.63) is 48.6 Å². The first kappa shape index (κ1) is 12.7. The number of hydrogen-bond donors (Lipinski definition) is 0. The van der Waals surface area contributed by atoms with Crippen LogP contribution in [-0.2, 0) is 4.79 Å². The van der Waals surface area contributed by atoms with E-state index in [4.69, 9.17) is 0 Å². The van der Waals surface area contributed by atoms with E-state index in [2.05, 4.69) is 25.8 Å². The molecule has 0 N–H and O–H groups in total. The minimum absolute atomic E-state index is 0.178. The van der Waals surface area contributed by atoms with Gasteiger partial charge < -0.3 is 0 Å². The Balaban J connectivity index is 2.82. The average Bonchev–Trinajstić information content (AvgIpc) is 2.23.